The third-order valence-electron chi connectivity index (χ3n) is 5.20. The highest BCUT2D eigenvalue weighted by molar-refractivity contribution is 6.39. The van der Waals surface area contributed by atoms with Crippen molar-refractivity contribution >= 4 is 34.8 Å². The number of hydrogen-bond donors (Lipinski definition) is 3. The maximum Gasteiger partial charge on any atom is 0.313 e. The van der Waals surface area contributed by atoms with Gasteiger partial charge in [-0.1, -0.05) is 18.2 Å². The molecule has 1 unspecified atom stereocenters. The number of carbonyl (C=O) groups is 3. The van der Waals surface area contributed by atoms with Gasteiger partial charge >= 0.3 is 11.8 Å². The van der Waals surface area contributed by atoms with Gasteiger partial charge in [0.25, 0.3) is 0 Å². The molecular weight excluding hydrogens is 396 g/mol. The van der Waals surface area contributed by atoms with E-state index < -0.39 is 17.9 Å². The zero-order chi connectivity index (χ0) is 22.4. The van der Waals surface area contributed by atoms with Crippen molar-refractivity contribution in [1.82, 2.24) is 5.32 Å². The second-order valence-electron chi connectivity index (χ2n) is 7.72. The predicted molar refractivity (Wildman–Crippen MR) is 120 cm³/mol. The van der Waals surface area contributed by atoms with E-state index in [-0.39, 0.29) is 12.5 Å². The summed E-state index contributed by atoms with van der Waals surface area (Å²) in [6.45, 7) is 0.556. The van der Waals surface area contributed by atoms with E-state index >= 15 is 0 Å². The average Bonchev–Trinajstić information content (AvgIpc) is 2.77. The molecule has 1 saturated heterocycles. The van der Waals surface area contributed by atoms with E-state index in [1.54, 1.807) is 41.3 Å². The summed E-state index contributed by atoms with van der Waals surface area (Å²) in [6.07, 6.45) is 1.41. The topological polar surface area (TPSA) is 102 Å². The highest BCUT2D eigenvalue weighted by Crippen LogP contribution is 2.24. The Morgan fingerprint density at radius 3 is 2.52 bits per heavy atom. The second-order valence-corrected chi connectivity index (χ2v) is 7.72. The van der Waals surface area contributed by atoms with Crippen LogP contribution in [0.25, 0.3) is 0 Å². The summed E-state index contributed by atoms with van der Waals surface area (Å²) < 4.78 is 0. The Kier molecular flexibility index (Phi) is 7.25. The summed E-state index contributed by atoms with van der Waals surface area (Å²) >= 11 is 0. The molecule has 0 aromatic heterocycles. The molecular formula is C23H28N4O4. The molecule has 0 saturated carbocycles. The molecule has 3 amide bonds. The molecule has 2 aromatic rings. The van der Waals surface area contributed by atoms with E-state index in [4.69, 9.17) is 0 Å². The molecule has 0 spiro atoms. The van der Waals surface area contributed by atoms with Crippen LogP contribution in [0.5, 0.6) is 0 Å². The third-order valence-corrected chi connectivity index (χ3v) is 5.20. The van der Waals surface area contributed by atoms with Crippen LogP contribution in [0.4, 0.5) is 17.1 Å². The summed E-state index contributed by atoms with van der Waals surface area (Å²) in [7, 11) is 3.84. The molecule has 1 fully saturated rings. The number of carbonyl (C=O) groups excluding carboxylic acids is 3. The smallest absolute Gasteiger partial charge is 0.313 e. The fourth-order valence-corrected chi connectivity index (χ4v) is 3.40. The Morgan fingerprint density at radius 2 is 1.84 bits per heavy atom. The Morgan fingerprint density at radius 1 is 1.10 bits per heavy atom. The first kappa shape index (κ1) is 22.3. The SMILES string of the molecule is CN(C)c1ccc(C(O)CNC(=O)C(=O)Nc2cccc(N3CCCCC3=O)c2)cc1. The van der Waals surface area contributed by atoms with Crippen molar-refractivity contribution in [3.63, 3.8) is 0 Å². The lowest BCUT2D eigenvalue weighted by Crippen LogP contribution is -2.38. The highest BCUT2D eigenvalue weighted by atomic mass is 16.3. The van der Waals surface area contributed by atoms with Gasteiger partial charge in [0, 0.05) is 50.7 Å². The number of nitrogens with zero attached hydrogens (tertiary/aromatic N) is 2. The van der Waals surface area contributed by atoms with Crippen LogP contribution >= 0.6 is 0 Å². The highest BCUT2D eigenvalue weighted by Gasteiger charge is 2.21. The molecule has 1 atom stereocenters. The van der Waals surface area contributed by atoms with Crippen molar-refractivity contribution in [3.8, 4) is 0 Å². The molecule has 8 heteroatoms. The van der Waals surface area contributed by atoms with Crippen molar-refractivity contribution in [2.45, 2.75) is 25.4 Å². The fraction of sp³-hybridized carbons (Fsp3) is 0.348. The van der Waals surface area contributed by atoms with Crippen molar-refractivity contribution < 1.29 is 19.5 Å². The van der Waals surface area contributed by atoms with Crippen molar-refractivity contribution in [2.24, 2.45) is 0 Å². The lowest BCUT2D eigenvalue weighted by Gasteiger charge is -2.27. The standard InChI is InChI=1S/C23H28N4O4/c1-26(2)18-11-9-16(10-12-18)20(28)15-24-22(30)23(31)25-17-6-5-7-19(14-17)27-13-4-3-8-21(27)29/h5-7,9-12,14,20,28H,3-4,8,13,15H2,1-2H3,(H,24,30)(H,25,31). The number of hydrogen-bond acceptors (Lipinski definition) is 5. The van der Waals surface area contributed by atoms with Crippen LogP contribution in [0.15, 0.2) is 48.5 Å². The minimum atomic E-state index is -0.929. The molecule has 3 N–H and O–H groups in total. The molecule has 0 aliphatic carbocycles. The molecule has 8 nitrogen and oxygen atoms in total. The zero-order valence-electron chi connectivity index (χ0n) is 17.8. The molecule has 1 aliphatic heterocycles. The summed E-state index contributed by atoms with van der Waals surface area (Å²) in [5, 5.41) is 15.3. The Balaban J connectivity index is 1.54. The first-order valence-electron chi connectivity index (χ1n) is 10.3. The number of anilines is 3. The summed E-state index contributed by atoms with van der Waals surface area (Å²) in [6, 6.07) is 14.2. The van der Waals surface area contributed by atoms with Crippen molar-refractivity contribution in [3.05, 3.63) is 54.1 Å². The zero-order valence-corrected chi connectivity index (χ0v) is 17.8. The molecule has 164 valence electrons. The lowest BCUT2D eigenvalue weighted by molar-refractivity contribution is -0.136. The number of benzene rings is 2. The van der Waals surface area contributed by atoms with Gasteiger partial charge in [0.15, 0.2) is 0 Å². The average molecular weight is 425 g/mol. The van der Waals surface area contributed by atoms with E-state index in [0.29, 0.717) is 29.9 Å². The summed E-state index contributed by atoms with van der Waals surface area (Å²) in [5.74, 6) is -1.62. The van der Waals surface area contributed by atoms with Crippen LogP contribution in [-0.4, -0.2) is 50.0 Å². The lowest BCUT2D eigenvalue weighted by atomic mass is 10.1. The first-order chi connectivity index (χ1) is 14.8. The number of amides is 3. The fourth-order valence-electron chi connectivity index (χ4n) is 3.40. The first-order valence-corrected chi connectivity index (χ1v) is 10.3. The number of nitrogens with one attached hydrogen (secondary N) is 2. The summed E-state index contributed by atoms with van der Waals surface area (Å²) in [4.78, 5) is 40.1. The van der Waals surface area contributed by atoms with Gasteiger partial charge in [-0.2, -0.15) is 0 Å². The molecule has 31 heavy (non-hydrogen) atoms. The second kappa shape index (κ2) is 10.1. The van der Waals surface area contributed by atoms with Gasteiger partial charge in [-0.25, -0.2) is 0 Å². The minimum absolute atomic E-state index is 0.0556. The summed E-state index contributed by atoms with van der Waals surface area (Å²) in [5.41, 5.74) is 2.76. The predicted octanol–water partition coefficient (Wildman–Crippen LogP) is 2.06. The van der Waals surface area contributed by atoms with Gasteiger partial charge in [-0.15, -0.1) is 0 Å². The van der Waals surface area contributed by atoms with E-state index in [1.807, 2.05) is 31.1 Å². The maximum absolute atomic E-state index is 12.2. The molecule has 0 bridgehead atoms. The van der Waals surface area contributed by atoms with Crippen LogP contribution < -0.4 is 20.4 Å². The number of aliphatic hydroxyl groups is 1. The maximum atomic E-state index is 12.2. The van der Waals surface area contributed by atoms with Crippen molar-refractivity contribution in [1.29, 1.82) is 0 Å². The van der Waals surface area contributed by atoms with Crippen LogP contribution in [0.1, 0.15) is 30.9 Å². The van der Waals surface area contributed by atoms with E-state index in [1.165, 1.54) is 0 Å². The van der Waals surface area contributed by atoms with Crippen LogP contribution in [0.2, 0.25) is 0 Å². The third kappa shape index (κ3) is 5.82. The van der Waals surface area contributed by atoms with Crippen LogP contribution in [0, 0.1) is 0 Å². The Hall–Kier alpha value is -3.39. The normalized spacial score (nSPS) is 14.7. The van der Waals surface area contributed by atoms with Gasteiger partial charge in [0.05, 0.1) is 6.10 Å². The molecule has 3 rings (SSSR count). The minimum Gasteiger partial charge on any atom is -0.387 e. The van der Waals surface area contributed by atoms with Gasteiger partial charge < -0.3 is 25.5 Å². The molecule has 1 aliphatic rings. The van der Waals surface area contributed by atoms with E-state index in [2.05, 4.69) is 10.6 Å². The molecule has 2 aromatic carbocycles. The molecule has 1 heterocycles. The Bertz CT molecular complexity index is 943. The van der Waals surface area contributed by atoms with E-state index in [9.17, 15) is 19.5 Å². The molecule has 0 radical (unpaired) electrons. The van der Waals surface area contributed by atoms with E-state index in [0.717, 1.165) is 18.5 Å². The number of aliphatic hydroxyl groups excluding tert-OH is 1. The number of piperidine rings is 1. The number of rotatable bonds is 6. The monoisotopic (exact) mass is 424 g/mol. The Labute approximate surface area is 181 Å². The van der Waals surface area contributed by atoms with Gasteiger partial charge in [0.2, 0.25) is 5.91 Å². The largest absolute Gasteiger partial charge is 0.387 e. The van der Waals surface area contributed by atoms with Gasteiger partial charge in [-0.05, 0) is 48.7 Å². The van der Waals surface area contributed by atoms with Crippen LogP contribution in [-0.2, 0) is 14.4 Å². The van der Waals surface area contributed by atoms with Crippen LogP contribution in [0.3, 0.4) is 0 Å². The quantitative estimate of drug-likeness (QED) is 0.616. The van der Waals surface area contributed by atoms with Gasteiger partial charge in [0.1, 0.15) is 0 Å². The van der Waals surface area contributed by atoms with Crippen molar-refractivity contribution in [2.75, 3.05) is 42.3 Å². The van der Waals surface area contributed by atoms with Gasteiger partial charge in [-0.3, -0.25) is 14.4 Å².